The maximum Gasteiger partial charge on any atom is 0.123 e. The van der Waals surface area contributed by atoms with Crippen molar-refractivity contribution in [1.29, 1.82) is 0 Å². The molecular weight excluding hydrogens is 241 g/mol. The molecule has 0 saturated heterocycles. The van der Waals surface area contributed by atoms with E-state index in [4.69, 9.17) is 5.73 Å². The van der Waals surface area contributed by atoms with Crippen LogP contribution in [0.25, 0.3) is 5.69 Å². The highest BCUT2D eigenvalue weighted by Crippen LogP contribution is 2.26. The van der Waals surface area contributed by atoms with Gasteiger partial charge in [0.15, 0.2) is 0 Å². The molecule has 1 unspecified atom stereocenters. The van der Waals surface area contributed by atoms with Crippen molar-refractivity contribution in [2.45, 2.75) is 33.6 Å². The SMILES string of the molecule is Cc1cc(F)ccc1-n1nc(C)c(C(C)CN)c1C. The average molecular weight is 261 g/mol. The van der Waals surface area contributed by atoms with Crippen LogP contribution in [0.4, 0.5) is 4.39 Å². The Labute approximate surface area is 113 Å². The Morgan fingerprint density at radius 1 is 1.32 bits per heavy atom. The molecule has 0 aliphatic rings. The van der Waals surface area contributed by atoms with Gasteiger partial charge >= 0.3 is 0 Å². The van der Waals surface area contributed by atoms with Crippen molar-refractivity contribution in [3.05, 3.63) is 46.5 Å². The summed E-state index contributed by atoms with van der Waals surface area (Å²) in [7, 11) is 0. The first-order chi connectivity index (χ1) is 8.95. The van der Waals surface area contributed by atoms with Crippen molar-refractivity contribution >= 4 is 0 Å². The van der Waals surface area contributed by atoms with Gasteiger partial charge in [0.25, 0.3) is 0 Å². The van der Waals surface area contributed by atoms with Crippen LogP contribution in [-0.4, -0.2) is 16.3 Å². The molecule has 0 radical (unpaired) electrons. The molecule has 19 heavy (non-hydrogen) atoms. The van der Waals surface area contributed by atoms with E-state index in [1.165, 1.54) is 17.7 Å². The largest absolute Gasteiger partial charge is 0.330 e. The van der Waals surface area contributed by atoms with Gasteiger partial charge in [-0.2, -0.15) is 5.10 Å². The van der Waals surface area contributed by atoms with E-state index in [9.17, 15) is 4.39 Å². The Balaban J connectivity index is 2.58. The van der Waals surface area contributed by atoms with E-state index in [0.29, 0.717) is 6.54 Å². The molecule has 0 saturated carbocycles. The number of rotatable bonds is 3. The predicted octanol–water partition coefficient (Wildman–Crippen LogP) is 3.00. The van der Waals surface area contributed by atoms with Gasteiger partial charge in [0, 0.05) is 11.3 Å². The quantitative estimate of drug-likeness (QED) is 0.923. The minimum absolute atomic E-state index is 0.224. The van der Waals surface area contributed by atoms with Crippen LogP contribution in [0.15, 0.2) is 18.2 Å². The minimum Gasteiger partial charge on any atom is -0.330 e. The highest BCUT2D eigenvalue weighted by atomic mass is 19.1. The molecule has 2 rings (SSSR count). The van der Waals surface area contributed by atoms with E-state index in [-0.39, 0.29) is 11.7 Å². The van der Waals surface area contributed by atoms with Gasteiger partial charge in [0.1, 0.15) is 5.82 Å². The van der Waals surface area contributed by atoms with Crippen molar-refractivity contribution in [3.63, 3.8) is 0 Å². The molecule has 1 heterocycles. The molecule has 2 aromatic rings. The zero-order valence-corrected chi connectivity index (χ0v) is 11.9. The van der Waals surface area contributed by atoms with Gasteiger partial charge in [-0.3, -0.25) is 0 Å². The van der Waals surface area contributed by atoms with Crippen LogP contribution in [0.2, 0.25) is 0 Å². The third kappa shape index (κ3) is 2.40. The van der Waals surface area contributed by atoms with Gasteiger partial charge in [-0.1, -0.05) is 6.92 Å². The topological polar surface area (TPSA) is 43.8 Å². The highest BCUT2D eigenvalue weighted by molar-refractivity contribution is 5.44. The third-order valence-electron chi connectivity index (χ3n) is 3.58. The zero-order valence-electron chi connectivity index (χ0n) is 11.9. The van der Waals surface area contributed by atoms with Crippen LogP contribution in [-0.2, 0) is 0 Å². The van der Waals surface area contributed by atoms with Gasteiger partial charge in [-0.15, -0.1) is 0 Å². The molecule has 102 valence electrons. The summed E-state index contributed by atoms with van der Waals surface area (Å²) in [6, 6.07) is 4.75. The van der Waals surface area contributed by atoms with Crippen LogP contribution in [0.3, 0.4) is 0 Å². The summed E-state index contributed by atoms with van der Waals surface area (Å²) >= 11 is 0. The lowest BCUT2D eigenvalue weighted by molar-refractivity contribution is 0.625. The Morgan fingerprint density at radius 3 is 2.58 bits per heavy atom. The average Bonchev–Trinajstić information content (AvgIpc) is 2.64. The summed E-state index contributed by atoms with van der Waals surface area (Å²) in [5, 5.41) is 4.58. The lowest BCUT2D eigenvalue weighted by atomic mass is 9.99. The summed E-state index contributed by atoms with van der Waals surface area (Å²) < 4.78 is 15.1. The first kappa shape index (κ1) is 13.7. The van der Waals surface area contributed by atoms with Crippen molar-refractivity contribution in [2.75, 3.05) is 6.54 Å². The zero-order chi connectivity index (χ0) is 14.2. The Bertz CT molecular complexity index is 602. The molecule has 1 atom stereocenters. The normalized spacial score (nSPS) is 12.7. The van der Waals surface area contributed by atoms with Crippen LogP contribution >= 0.6 is 0 Å². The summed E-state index contributed by atoms with van der Waals surface area (Å²) in [4.78, 5) is 0. The first-order valence-corrected chi connectivity index (χ1v) is 6.48. The molecule has 0 amide bonds. The highest BCUT2D eigenvalue weighted by Gasteiger charge is 2.18. The summed E-state index contributed by atoms with van der Waals surface area (Å²) in [6.45, 7) is 8.60. The van der Waals surface area contributed by atoms with Crippen molar-refractivity contribution in [1.82, 2.24) is 9.78 Å². The standard InChI is InChI=1S/C15H20FN3/c1-9-7-13(16)5-6-14(9)19-12(4)15(10(2)8-17)11(3)18-19/h5-7,10H,8,17H2,1-4H3. The first-order valence-electron chi connectivity index (χ1n) is 6.48. The molecule has 3 nitrogen and oxygen atoms in total. The van der Waals surface area contributed by atoms with Gasteiger partial charge < -0.3 is 5.73 Å². The smallest absolute Gasteiger partial charge is 0.123 e. The van der Waals surface area contributed by atoms with E-state index >= 15 is 0 Å². The monoisotopic (exact) mass is 261 g/mol. The second-order valence-corrected chi connectivity index (χ2v) is 5.06. The second kappa shape index (κ2) is 5.13. The predicted molar refractivity (Wildman–Crippen MR) is 75.2 cm³/mol. The minimum atomic E-state index is -0.224. The molecule has 0 aliphatic carbocycles. The third-order valence-corrected chi connectivity index (χ3v) is 3.58. The second-order valence-electron chi connectivity index (χ2n) is 5.06. The fourth-order valence-corrected chi connectivity index (χ4v) is 2.58. The van der Waals surface area contributed by atoms with E-state index in [2.05, 4.69) is 12.0 Å². The van der Waals surface area contributed by atoms with Crippen LogP contribution in [0.1, 0.15) is 35.4 Å². The number of hydrogen-bond acceptors (Lipinski definition) is 2. The number of nitrogens with two attached hydrogens (primary N) is 1. The van der Waals surface area contributed by atoms with Crippen molar-refractivity contribution in [2.24, 2.45) is 5.73 Å². The molecule has 0 spiro atoms. The van der Waals surface area contributed by atoms with Gasteiger partial charge in [0.2, 0.25) is 0 Å². The van der Waals surface area contributed by atoms with Crippen LogP contribution < -0.4 is 5.73 Å². The molecule has 0 fully saturated rings. The number of halogens is 1. The maximum atomic E-state index is 13.2. The summed E-state index contributed by atoms with van der Waals surface area (Å²) in [5.41, 5.74) is 10.8. The lowest BCUT2D eigenvalue weighted by Gasteiger charge is -2.11. The van der Waals surface area contributed by atoms with E-state index in [1.807, 2.05) is 25.5 Å². The summed E-state index contributed by atoms with van der Waals surface area (Å²) in [5.74, 6) is 0.0489. The maximum absolute atomic E-state index is 13.2. The van der Waals surface area contributed by atoms with E-state index in [1.54, 1.807) is 6.07 Å². The molecule has 1 aromatic heterocycles. The fourth-order valence-electron chi connectivity index (χ4n) is 2.58. The number of aryl methyl sites for hydroxylation is 2. The van der Waals surface area contributed by atoms with Gasteiger partial charge in [0.05, 0.1) is 11.4 Å². The molecule has 0 aliphatic heterocycles. The Morgan fingerprint density at radius 2 is 2.00 bits per heavy atom. The van der Waals surface area contributed by atoms with Crippen LogP contribution in [0, 0.1) is 26.6 Å². The van der Waals surface area contributed by atoms with Crippen LogP contribution in [0.5, 0.6) is 0 Å². The van der Waals surface area contributed by atoms with E-state index < -0.39 is 0 Å². The number of nitrogens with zero attached hydrogens (tertiary/aromatic N) is 2. The lowest BCUT2D eigenvalue weighted by Crippen LogP contribution is -2.11. The number of aromatic nitrogens is 2. The molecule has 1 aromatic carbocycles. The molecule has 2 N–H and O–H groups in total. The van der Waals surface area contributed by atoms with Crippen molar-refractivity contribution in [3.8, 4) is 5.69 Å². The van der Waals surface area contributed by atoms with Crippen molar-refractivity contribution < 1.29 is 4.39 Å². The number of benzene rings is 1. The van der Waals surface area contributed by atoms with Gasteiger partial charge in [-0.25, -0.2) is 9.07 Å². The van der Waals surface area contributed by atoms with Gasteiger partial charge in [-0.05, 0) is 57.0 Å². The Kier molecular flexibility index (Phi) is 3.71. The molecule has 4 heteroatoms. The summed E-state index contributed by atoms with van der Waals surface area (Å²) in [6.07, 6.45) is 0. The van der Waals surface area contributed by atoms with E-state index in [0.717, 1.165) is 22.6 Å². The molecular formula is C15H20FN3. The number of hydrogen-bond donors (Lipinski definition) is 1. The fraction of sp³-hybridized carbons (Fsp3) is 0.400. The molecule has 0 bridgehead atoms. The Hall–Kier alpha value is -1.68.